The highest BCUT2D eigenvalue weighted by molar-refractivity contribution is 7.11. The quantitative estimate of drug-likeness (QED) is 0.635. The Hall–Kier alpha value is -1.30. The summed E-state index contributed by atoms with van der Waals surface area (Å²) in [7, 11) is 0. The monoisotopic (exact) mass is 216 g/mol. The predicted molar refractivity (Wildman–Crippen MR) is 64.6 cm³/mol. The second-order valence-corrected chi connectivity index (χ2v) is 4.52. The third-order valence-electron chi connectivity index (χ3n) is 1.59. The summed E-state index contributed by atoms with van der Waals surface area (Å²) in [5, 5.41) is 4.10. The van der Waals surface area contributed by atoms with Crippen LogP contribution in [0.25, 0.3) is 6.08 Å². The van der Waals surface area contributed by atoms with Gasteiger partial charge in [0.25, 0.3) is 0 Å². The van der Waals surface area contributed by atoms with Gasteiger partial charge in [-0.15, -0.1) is 22.7 Å². The van der Waals surface area contributed by atoms with Crippen LogP contribution in [0, 0.1) is 11.8 Å². The molecule has 2 aromatic heterocycles. The van der Waals surface area contributed by atoms with Crippen molar-refractivity contribution in [3.05, 3.63) is 50.9 Å². The van der Waals surface area contributed by atoms with E-state index in [1.54, 1.807) is 22.7 Å². The molecule has 0 saturated heterocycles. The molecule has 0 spiro atoms. The van der Waals surface area contributed by atoms with Crippen LogP contribution in [0.15, 0.2) is 41.1 Å². The molecule has 2 heterocycles. The third-order valence-corrected chi connectivity index (χ3v) is 3.21. The van der Waals surface area contributed by atoms with Gasteiger partial charge in [0.1, 0.15) is 0 Å². The lowest BCUT2D eigenvalue weighted by Gasteiger charge is -1.77. The number of thiophene rings is 2. The van der Waals surface area contributed by atoms with Crippen molar-refractivity contribution in [2.24, 2.45) is 0 Å². The smallest absolute Gasteiger partial charge is 0.0771 e. The van der Waals surface area contributed by atoms with E-state index >= 15 is 0 Å². The molecule has 0 bridgehead atoms. The molecule has 0 aliphatic carbocycles. The van der Waals surface area contributed by atoms with E-state index < -0.39 is 0 Å². The SMILES string of the molecule is C(#Cc1cccs1)/C=C\c1cccs1. The minimum atomic E-state index is 1.11. The van der Waals surface area contributed by atoms with Crippen molar-refractivity contribution in [2.75, 3.05) is 0 Å². The Bertz CT molecular complexity index is 450. The Labute approximate surface area is 91.5 Å². The van der Waals surface area contributed by atoms with Gasteiger partial charge in [0.05, 0.1) is 4.88 Å². The average Bonchev–Trinajstić information content (AvgIpc) is 2.86. The van der Waals surface area contributed by atoms with E-state index in [0.717, 1.165) is 4.88 Å². The lowest BCUT2D eigenvalue weighted by Crippen LogP contribution is -1.58. The lowest BCUT2D eigenvalue weighted by atomic mass is 10.4. The van der Waals surface area contributed by atoms with Gasteiger partial charge in [-0.1, -0.05) is 24.0 Å². The zero-order valence-corrected chi connectivity index (χ0v) is 9.07. The van der Waals surface area contributed by atoms with Crippen molar-refractivity contribution in [3.8, 4) is 11.8 Å². The number of hydrogen-bond acceptors (Lipinski definition) is 2. The molecule has 0 aliphatic heterocycles. The first-order valence-corrected chi connectivity index (χ1v) is 5.96. The lowest BCUT2D eigenvalue weighted by molar-refractivity contribution is 1.93. The van der Waals surface area contributed by atoms with Crippen LogP contribution in [0.4, 0.5) is 0 Å². The Kier molecular flexibility index (Phi) is 3.18. The Morgan fingerprint density at radius 1 is 1.07 bits per heavy atom. The molecule has 0 unspecified atom stereocenters. The van der Waals surface area contributed by atoms with E-state index in [1.165, 1.54) is 4.88 Å². The minimum absolute atomic E-state index is 1.11. The van der Waals surface area contributed by atoms with Crippen LogP contribution in [0.3, 0.4) is 0 Å². The van der Waals surface area contributed by atoms with Gasteiger partial charge in [0.15, 0.2) is 0 Å². The summed E-state index contributed by atoms with van der Waals surface area (Å²) < 4.78 is 0. The van der Waals surface area contributed by atoms with Crippen molar-refractivity contribution in [1.29, 1.82) is 0 Å². The number of rotatable bonds is 1. The van der Waals surface area contributed by atoms with Gasteiger partial charge >= 0.3 is 0 Å². The molecular formula is C12H8S2. The molecular weight excluding hydrogens is 208 g/mol. The standard InChI is InChI=1S/C12H8S2/c1(5-11-7-3-9-13-11)2-6-12-8-4-10-14-12/h1,3-5,7-10H/b5-1-. The highest BCUT2D eigenvalue weighted by Gasteiger charge is 1.83. The molecule has 0 atom stereocenters. The van der Waals surface area contributed by atoms with E-state index in [0.29, 0.717) is 0 Å². The largest absolute Gasteiger partial charge is 0.144 e. The van der Waals surface area contributed by atoms with Gasteiger partial charge in [0.2, 0.25) is 0 Å². The van der Waals surface area contributed by atoms with Gasteiger partial charge in [-0.3, -0.25) is 0 Å². The maximum absolute atomic E-state index is 3.07. The first kappa shape index (κ1) is 9.26. The molecule has 68 valence electrons. The van der Waals surface area contributed by atoms with Crippen molar-refractivity contribution >= 4 is 28.7 Å². The van der Waals surface area contributed by atoms with Crippen LogP contribution in [-0.4, -0.2) is 0 Å². The predicted octanol–water partition coefficient (Wildman–Crippen LogP) is 3.87. The van der Waals surface area contributed by atoms with E-state index in [4.69, 9.17) is 0 Å². The maximum atomic E-state index is 3.07. The summed E-state index contributed by atoms with van der Waals surface area (Å²) in [6, 6.07) is 8.15. The fourth-order valence-electron chi connectivity index (χ4n) is 0.972. The average molecular weight is 216 g/mol. The Balaban J connectivity index is 2.00. The molecule has 0 saturated carbocycles. The van der Waals surface area contributed by atoms with Crippen LogP contribution in [0.1, 0.15) is 9.75 Å². The van der Waals surface area contributed by atoms with E-state index in [2.05, 4.69) is 23.3 Å². The van der Waals surface area contributed by atoms with Gasteiger partial charge in [-0.2, -0.15) is 0 Å². The first-order valence-electron chi connectivity index (χ1n) is 4.20. The van der Waals surface area contributed by atoms with Crippen LogP contribution < -0.4 is 0 Å². The van der Waals surface area contributed by atoms with Crippen LogP contribution >= 0.6 is 22.7 Å². The van der Waals surface area contributed by atoms with Crippen LogP contribution in [0.2, 0.25) is 0 Å². The molecule has 0 nitrogen and oxygen atoms in total. The second kappa shape index (κ2) is 4.80. The van der Waals surface area contributed by atoms with Crippen molar-refractivity contribution in [3.63, 3.8) is 0 Å². The fraction of sp³-hybridized carbons (Fsp3) is 0. The molecule has 2 heteroatoms. The normalized spacial score (nSPS) is 10.0. The van der Waals surface area contributed by atoms with Gasteiger partial charge in [-0.05, 0) is 35.0 Å². The van der Waals surface area contributed by atoms with Gasteiger partial charge in [-0.25, -0.2) is 0 Å². The number of hydrogen-bond donors (Lipinski definition) is 0. The summed E-state index contributed by atoms with van der Waals surface area (Å²) in [4.78, 5) is 2.35. The zero-order chi connectivity index (χ0) is 9.64. The van der Waals surface area contributed by atoms with Crippen LogP contribution in [0.5, 0.6) is 0 Å². The summed E-state index contributed by atoms with van der Waals surface area (Å²) in [6.07, 6.45) is 3.93. The second-order valence-electron chi connectivity index (χ2n) is 2.60. The summed E-state index contributed by atoms with van der Waals surface area (Å²) in [5.74, 6) is 6.09. The summed E-state index contributed by atoms with van der Waals surface area (Å²) in [6.45, 7) is 0. The Morgan fingerprint density at radius 2 is 1.93 bits per heavy atom. The van der Waals surface area contributed by atoms with Crippen molar-refractivity contribution < 1.29 is 0 Å². The molecule has 0 N–H and O–H groups in total. The summed E-state index contributed by atoms with van der Waals surface area (Å²) in [5.41, 5.74) is 0. The Morgan fingerprint density at radius 3 is 2.64 bits per heavy atom. The molecule has 0 aliphatic rings. The zero-order valence-electron chi connectivity index (χ0n) is 7.44. The first-order chi connectivity index (χ1) is 6.95. The molecule has 0 amide bonds. The highest BCUT2D eigenvalue weighted by atomic mass is 32.1. The molecule has 0 radical (unpaired) electrons. The van der Waals surface area contributed by atoms with Gasteiger partial charge < -0.3 is 0 Å². The van der Waals surface area contributed by atoms with E-state index in [-0.39, 0.29) is 0 Å². The van der Waals surface area contributed by atoms with Crippen LogP contribution in [-0.2, 0) is 0 Å². The molecule has 2 aromatic rings. The van der Waals surface area contributed by atoms with Crippen molar-refractivity contribution in [2.45, 2.75) is 0 Å². The fourth-order valence-corrected chi connectivity index (χ4v) is 2.17. The number of allylic oxidation sites excluding steroid dienone is 1. The molecule has 0 aromatic carbocycles. The minimum Gasteiger partial charge on any atom is -0.144 e. The van der Waals surface area contributed by atoms with Gasteiger partial charge in [0, 0.05) is 4.88 Å². The third kappa shape index (κ3) is 2.59. The summed E-state index contributed by atoms with van der Waals surface area (Å²) >= 11 is 3.38. The molecule has 2 rings (SSSR count). The topological polar surface area (TPSA) is 0 Å². The highest BCUT2D eigenvalue weighted by Crippen LogP contribution is 2.10. The molecule has 14 heavy (non-hydrogen) atoms. The van der Waals surface area contributed by atoms with E-state index in [9.17, 15) is 0 Å². The maximum Gasteiger partial charge on any atom is 0.0771 e. The van der Waals surface area contributed by atoms with E-state index in [1.807, 2.05) is 35.7 Å². The molecule has 0 fully saturated rings. The van der Waals surface area contributed by atoms with Crippen molar-refractivity contribution in [1.82, 2.24) is 0 Å².